The summed E-state index contributed by atoms with van der Waals surface area (Å²) in [7, 11) is 1.85. The Bertz CT molecular complexity index is 357. The van der Waals surface area contributed by atoms with Gasteiger partial charge in [0.05, 0.1) is 11.6 Å². The molecule has 0 radical (unpaired) electrons. The lowest BCUT2D eigenvalue weighted by molar-refractivity contribution is -0.0990. The highest BCUT2D eigenvalue weighted by Gasteiger charge is 2.45. The van der Waals surface area contributed by atoms with Gasteiger partial charge >= 0.3 is 0 Å². The van der Waals surface area contributed by atoms with E-state index < -0.39 is 0 Å². The first-order valence-electron chi connectivity index (χ1n) is 6.25. The van der Waals surface area contributed by atoms with Crippen LogP contribution in [0.1, 0.15) is 43.5 Å². The maximum Gasteiger partial charge on any atom is 0.0880 e. The van der Waals surface area contributed by atoms with Gasteiger partial charge in [0, 0.05) is 16.5 Å². The predicted molar refractivity (Wildman–Crippen MR) is 76.6 cm³/mol. The van der Waals surface area contributed by atoms with E-state index in [1.807, 2.05) is 18.4 Å². The Balaban J connectivity index is 2.21. The summed E-state index contributed by atoms with van der Waals surface area (Å²) in [6.07, 6.45) is 4.75. The summed E-state index contributed by atoms with van der Waals surface area (Å²) in [5, 5.41) is 5.80. The van der Waals surface area contributed by atoms with Crippen molar-refractivity contribution in [1.82, 2.24) is 5.32 Å². The Morgan fingerprint density at radius 2 is 2.35 bits per heavy atom. The number of halogens is 1. The van der Waals surface area contributed by atoms with Gasteiger partial charge in [0.2, 0.25) is 0 Å². The summed E-state index contributed by atoms with van der Waals surface area (Å²) in [4.78, 5) is 1.38. The lowest BCUT2D eigenvalue weighted by atomic mass is 9.74. The van der Waals surface area contributed by atoms with Crippen LogP contribution in [0.25, 0.3) is 0 Å². The lowest BCUT2D eigenvalue weighted by Gasteiger charge is -2.46. The molecule has 1 atom stereocenters. The molecule has 4 heteroatoms. The van der Waals surface area contributed by atoms with Crippen LogP contribution in [0.15, 0.2) is 15.9 Å². The van der Waals surface area contributed by atoms with Gasteiger partial charge in [-0.25, -0.2) is 0 Å². The van der Waals surface area contributed by atoms with Gasteiger partial charge in [-0.2, -0.15) is 0 Å². The molecular weight excluding hydrogens is 298 g/mol. The molecule has 2 rings (SSSR count). The Morgan fingerprint density at radius 3 is 2.76 bits per heavy atom. The minimum atomic E-state index is 0.0164. The molecule has 1 aromatic heterocycles. The summed E-state index contributed by atoms with van der Waals surface area (Å²) >= 11 is 5.46. The zero-order chi connectivity index (χ0) is 12.3. The summed E-state index contributed by atoms with van der Waals surface area (Å²) < 4.78 is 7.04. The van der Waals surface area contributed by atoms with Crippen LogP contribution >= 0.6 is 27.3 Å². The van der Waals surface area contributed by atoms with Gasteiger partial charge in [0.15, 0.2) is 0 Å². The molecule has 1 aliphatic rings. The average molecular weight is 318 g/mol. The molecule has 2 nitrogen and oxygen atoms in total. The molecule has 0 aliphatic heterocycles. The number of hydrogen-bond donors (Lipinski definition) is 1. The van der Waals surface area contributed by atoms with Crippen molar-refractivity contribution >= 4 is 27.3 Å². The smallest absolute Gasteiger partial charge is 0.0880 e. The molecule has 1 unspecified atom stereocenters. The number of hydrogen-bond acceptors (Lipinski definition) is 3. The number of nitrogens with one attached hydrogen (secondary N) is 1. The van der Waals surface area contributed by atoms with Crippen molar-refractivity contribution in [2.45, 2.75) is 44.2 Å². The minimum absolute atomic E-state index is 0.0164. The molecule has 1 aliphatic carbocycles. The monoisotopic (exact) mass is 317 g/mol. The van der Waals surface area contributed by atoms with Crippen LogP contribution in [-0.2, 0) is 4.74 Å². The summed E-state index contributed by atoms with van der Waals surface area (Å²) in [5.74, 6) is 0. The highest BCUT2D eigenvalue weighted by Crippen LogP contribution is 2.47. The third kappa shape index (κ3) is 2.60. The molecule has 0 bridgehead atoms. The van der Waals surface area contributed by atoms with Gasteiger partial charge in [0.25, 0.3) is 0 Å². The lowest BCUT2D eigenvalue weighted by Crippen LogP contribution is -2.50. The Hall–Kier alpha value is 0.1000. The average Bonchev–Trinajstić information content (AvgIpc) is 2.68. The predicted octanol–water partition coefficient (Wildman–Crippen LogP) is 4.12. The van der Waals surface area contributed by atoms with Crippen molar-refractivity contribution in [1.29, 1.82) is 0 Å². The Morgan fingerprint density at radius 1 is 1.59 bits per heavy atom. The number of methoxy groups -OCH3 is 1. The fraction of sp³-hybridized carbons (Fsp3) is 0.692. The van der Waals surface area contributed by atoms with E-state index in [4.69, 9.17) is 4.74 Å². The van der Waals surface area contributed by atoms with Gasteiger partial charge in [-0.1, -0.05) is 6.92 Å². The molecule has 96 valence electrons. The molecule has 1 heterocycles. The van der Waals surface area contributed by atoms with E-state index >= 15 is 0 Å². The maximum atomic E-state index is 5.84. The van der Waals surface area contributed by atoms with Crippen molar-refractivity contribution < 1.29 is 4.74 Å². The minimum Gasteiger partial charge on any atom is -0.376 e. The highest BCUT2D eigenvalue weighted by atomic mass is 79.9. The molecule has 0 saturated heterocycles. The van der Waals surface area contributed by atoms with Gasteiger partial charge in [0.1, 0.15) is 0 Å². The van der Waals surface area contributed by atoms with E-state index in [-0.39, 0.29) is 5.60 Å². The highest BCUT2D eigenvalue weighted by molar-refractivity contribution is 9.10. The quantitative estimate of drug-likeness (QED) is 0.852. The zero-order valence-electron chi connectivity index (χ0n) is 10.5. The number of rotatable bonds is 6. The van der Waals surface area contributed by atoms with Crippen LogP contribution in [0, 0.1) is 0 Å². The summed E-state index contributed by atoms with van der Waals surface area (Å²) in [6.45, 7) is 3.24. The van der Waals surface area contributed by atoms with Gasteiger partial charge < -0.3 is 10.1 Å². The molecule has 1 aromatic rings. The molecule has 0 aromatic carbocycles. The first-order valence-corrected chi connectivity index (χ1v) is 7.92. The van der Waals surface area contributed by atoms with E-state index in [0.717, 1.165) is 25.8 Å². The van der Waals surface area contributed by atoms with Crippen molar-refractivity contribution in [3.05, 3.63) is 20.8 Å². The van der Waals surface area contributed by atoms with E-state index in [9.17, 15) is 0 Å². The first kappa shape index (κ1) is 13.5. The van der Waals surface area contributed by atoms with Crippen LogP contribution in [-0.4, -0.2) is 19.3 Å². The molecule has 1 N–H and O–H groups in total. The van der Waals surface area contributed by atoms with Gasteiger partial charge in [-0.15, -0.1) is 11.3 Å². The maximum absolute atomic E-state index is 5.84. The van der Waals surface area contributed by atoms with Gasteiger partial charge in [-0.05, 0) is 59.6 Å². The van der Waals surface area contributed by atoms with Crippen molar-refractivity contribution in [3.63, 3.8) is 0 Å². The van der Waals surface area contributed by atoms with Crippen molar-refractivity contribution in [3.8, 4) is 0 Å². The number of thiophene rings is 1. The Labute approximate surface area is 116 Å². The zero-order valence-corrected chi connectivity index (χ0v) is 12.9. The Kier molecular flexibility index (Phi) is 4.64. The summed E-state index contributed by atoms with van der Waals surface area (Å²) in [6, 6.07) is 2.46. The van der Waals surface area contributed by atoms with E-state index in [1.54, 1.807) is 0 Å². The van der Waals surface area contributed by atoms with Crippen LogP contribution in [0.2, 0.25) is 0 Å². The first-order chi connectivity index (χ1) is 8.23. The second kappa shape index (κ2) is 5.83. The third-order valence-electron chi connectivity index (χ3n) is 3.64. The SMILES string of the molecule is CCCNC(c1sccc1Br)C1(OC)CCC1. The third-order valence-corrected chi connectivity index (χ3v) is 5.57. The normalized spacial score (nSPS) is 19.9. The number of ether oxygens (including phenoxy) is 1. The topological polar surface area (TPSA) is 21.3 Å². The van der Waals surface area contributed by atoms with Gasteiger partial charge in [-0.3, -0.25) is 0 Å². The molecule has 0 amide bonds. The van der Waals surface area contributed by atoms with Crippen LogP contribution in [0.3, 0.4) is 0 Å². The largest absolute Gasteiger partial charge is 0.376 e. The molecule has 1 fully saturated rings. The van der Waals surface area contributed by atoms with Crippen LogP contribution in [0.5, 0.6) is 0 Å². The standard InChI is InChI=1S/C13H20BrNOS/c1-3-8-15-12(11-10(14)5-9-17-11)13(16-2)6-4-7-13/h5,9,12,15H,3-4,6-8H2,1-2H3. The molecule has 17 heavy (non-hydrogen) atoms. The van der Waals surface area contributed by atoms with E-state index in [1.165, 1.54) is 15.8 Å². The fourth-order valence-corrected chi connectivity index (χ4v) is 4.24. The molecule has 0 spiro atoms. The van der Waals surface area contributed by atoms with Crippen LogP contribution < -0.4 is 5.32 Å². The second-order valence-corrected chi connectivity index (χ2v) is 6.44. The molecular formula is C13H20BrNOS. The van der Waals surface area contributed by atoms with E-state index in [2.05, 4.69) is 39.6 Å². The summed E-state index contributed by atoms with van der Waals surface area (Å²) in [5.41, 5.74) is 0.0164. The second-order valence-electron chi connectivity index (χ2n) is 4.64. The van der Waals surface area contributed by atoms with E-state index in [0.29, 0.717) is 6.04 Å². The van der Waals surface area contributed by atoms with Crippen molar-refractivity contribution in [2.75, 3.05) is 13.7 Å². The van der Waals surface area contributed by atoms with Crippen molar-refractivity contribution in [2.24, 2.45) is 0 Å². The van der Waals surface area contributed by atoms with Crippen LogP contribution in [0.4, 0.5) is 0 Å². The molecule has 1 saturated carbocycles. The fourth-order valence-electron chi connectivity index (χ4n) is 2.45.